The lowest BCUT2D eigenvalue weighted by Gasteiger charge is -2.08. The van der Waals surface area contributed by atoms with Crippen molar-refractivity contribution in [3.8, 4) is 0 Å². The van der Waals surface area contributed by atoms with Gasteiger partial charge < -0.3 is 0 Å². The third-order valence-electron chi connectivity index (χ3n) is 3.42. The van der Waals surface area contributed by atoms with Gasteiger partial charge >= 0.3 is 0 Å². The van der Waals surface area contributed by atoms with E-state index in [1.165, 1.54) is 27.8 Å². The summed E-state index contributed by atoms with van der Waals surface area (Å²) in [7, 11) is 0. The van der Waals surface area contributed by atoms with Gasteiger partial charge in [0.2, 0.25) is 0 Å². The molecule has 1 aromatic rings. The highest BCUT2D eigenvalue weighted by molar-refractivity contribution is 5.86. The summed E-state index contributed by atoms with van der Waals surface area (Å²) >= 11 is 0. The largest absolute Gasteiger partial charge is 0.0873 e. The molecule has 0 saturated carbocycles. The van der Waals surface area contributed by atoms with Gasteiger partial charge in [0.15, 0.2) is 0 Å². The van der Waals surface area contributed by atoms with Crippen molar-refractivity contribution in [2.24, 2.45) is 0 Å². The van der Waals surface area contributed by atoms with Crippen molar-refractivity contribution < 1.29 is 0 Å². The minimum atomic E-state index is 0.507. The minimum absolute atomic E-state index is 0.507. The highest BCUT2D eigenvalue weighted by atomic mass is 14.3. The molecule has 0 amide bonds. The van der Waals surface area contributed by atoms with E-state index in [0.29, 0.717) is 5.92 Å². The predicted octanol–water partition coefficient (Wildman–Crippen LogP) is 5.02. The Hall–Kier alpha value is -1.56. The maximum Gasteiger partial charge on any atom is 0.00732 e. The van der Waals surface area contributed by atoms with Crippen molar-refractivity contribution in [1.82, 2.24) is 0 Å². The topological polar surface area (TPSA) is 0 Å². The lowest BCUT2D eigenvalue weighted by atomic mass is 9.96. The van der Waals surface area contributed by atoms with E-state index in [1.807, 2.05) is 0 Å². The molecule has 2 rings (SSSR count). The van der Waals surface area contributed by atoms with Crippen LogP contribution in [0.5, 0.6) is 0 Å². The summed E-state index contributed by atoms with van der Waals surface area (Å²) in [6.07, 6.45) is 8.73. The Morgan fingerprint density at radius 1 is 1.06 bits per heavy atom. The molecule has 0 N–H and O–H groups in total. The van der Waals surface area contributed by atoms with Gasteiger partial charge in [-0.1, -0.05) is 55.0 Å². The Morgan fingerprint density at radius 3 is 2.41 bits per heavy atom. The second-order valence-corrected chi connectivity index (χ2v) is 4.68. The first-order valence-corrected chi connectivity index (χ1v) is 6.29. The number of fused-ring (bicyclic) bond motifs is 1. The summed E-state index contributed by atoms with van der Waals surface area (Å²) < 4.78 is 0. The maximum atomic E-state index is 2.32. The molecule has 0 aliphatic heterocycles. The Bertz CT molecular complexity index is 513. The van der Waals surface area contributed by atoms with Crippen LogP contribution in [0.1, 0.15) is 43.4 Å². The van der Waals surface area contributed by atoms with E-state index in [9.17, 15) is 0 Å². The molecule has 1 atom stereocenters. The van der Waals surface area contributed by atoms with Crippen LogP contribution in [0.2, 0.25) is 0 Å². The number of aryl methyl sites for hydroxylation is 1. The van der Waals surface area contributed by atoms with Gasteiger partial charge in [0.05, 0.1) is 0 Å². The van der Waals surface area contributed by atoms with E-state index < -0.39 is 0 Å². The summed E-state index contributed by atoms with van der Waals surface area (Å²) in [5.41, 5.74) is 7.02. The fourth-order valence-electron chi connectivity index (χ4n) is 2.61. The summed E-state index contributed by atoms with van der Waals surface area (Å²) in [5, 5.41) is 0. The molecule has 0 heterocycles. The van der Waals surface area contributed by atoms with Crippen LogP contribution in [-0.4, -0.2) is 0 Å². The van der Waals surface area contributed by atoms with Crippen molar-refractivity contribution in [2.75, 3.05) is 0 Å². The molecule has 0 fully saturated rings. The monoisotopic (exact) mass is 224 g/mol. The first-order valence-electron chi connectivity index (χ1n) is 6.29. The van der Waals surface area contributed by atoms with E-state index in [0.717, 1.165) is 0 Å². The fraction of sp³-hybridized carbons (Fsp3) is 0.294. The minimum Gasteiger partial charge on any atom is -0.0873 e. The number of hydrogen-bond donors (Lipinski definition) is 0. The third kappa shape index (κ3) is 2.00. The third-order valence-corrected chi connectivity index (χ3v) is 3.42. The fourth-order valence-corrected chi connectivity index (χ4v) is 2.61. The smallest absolute Gasteiger partial charge is 0.00732 e. The van der Waals surface area contributed by atoms with Gasteiger partial charge in [-0.05, 0) is 43.0 Å². The maximum absolute atomic E-state index is 2.32. The van der Waals surface area contributed by atoms with E-state index >= 15 is 0 Å². The zero-order valence-electron chi connectivity index (χ0n) is 11.1. The lowest BCUT2D eigenvalue weighted by Crippen LogP contribution is -1.91. The van der Waals surface area contributed by atoms with Crippen molar-refractivity contribution in [3.63, 3.8) is 0 Å². The first-order chi connectivity index (χ1) is 8.19. The van der Waals surface area contributed by atoms with Crippen LogP contribution in [0.25, 0.3) is 5.57 Å². The summed E-state index contributed by atoms with van der Waals surface area (Å²) in [6.45, 7) is 8.62. The quantitative estimate of drug-likeness (QED) is 0.661. The van der Waals surface area contributed by atoms with Crippen LogP contribution < -0.4 is 0 Å². The van der Waals surface area contributed by atoms with Gasteiger partial charge in [0.1, 0.15) is 0 Å². The van der Waals surface area contributed by atoms with Crippen LogP contribution in [0.15, 0.2) is 48.1 Å². The molecule has 0 bridgehead atoms. The van der Waals surface area contributed by atoms with Crippen LogP contribution in [-0.2, 0) is 0 Å². The van der Waals surface area contributed by atoms with Gasteiger partial charge in [-0.15, -0.1) is 0 Å². The average molecular weight is 224 g/mol. The number of benzene rings is 1. The molecule has 0 nitrogen and oxygen atoms in total. The van der Waals surface area contributed by atoms with E-state index in [2.05, 4.69) is 70.2 Å². The van der Waals surface area contributed by atoms with Gasteiger partial charge in [-0.3, -0.25) is 0 Å². The molecular formula is C17H20. The van der Waals surface area contributed by atoms with Gasteiger partial charge in [0.25, 0.3) is 0 Å². The van der Waals surface area contributed by atoms with E-state index in [1.54, 1.807) is 0 Å². The molecule has 0 radical (unpaired) electrons. The van der Waals surface area contributed by atoms with Crippen LogP contribution in [0.3, 0.4) is 0 Å². The summed E-state index contributed by atoms with van der Waals surface area (Å²) in [6, 6.07) is 6.78. The second-order valence-electron chi connectivity index (χ2n) is 4.68. The zero-order chi connectivity index (χ0) is 12.4. The molecule has 0 spiro atoms. The SMILES string of the molecule is C/C=C\C1=C(/C=C\C)C(C)c2cc(C)ccc21. The Morgan fingerprint density at radius 2 is 1.76 bits per heavy atom. The normalized spacial score (nSPS) is 19.6. The number of allylic oxidation sites excluding steroid dienone is 6. The highest BCUT2D eigenvalue weighted by Gasteiger charge is 2.24. The summed E-state index contributed by atoms with van der Waals surface area (Å²) in [4.78, 5) is 0. The van der Waals surface area contributed by atoms with E-state index in [4.69, 9.17) is 0 Å². The highest BCUT2D eigenvalue weighted by Crippen LogP contribution is 2.43. The van der Waals surface area contributed by atoms with Crippen molar-refractivity contribution >= 4 is 5.57 Å². The standard InChI is InChI=1S/C17H20/c1-5-7-14-13(4)17-11-12(3)9-10-16(17)15(14)8-6-2/h5-11,13H,1-4H3/b7-5-,8-6-. The van der Waals surface area contributed by atoms with Crippen molar-refractivity contribution in [1.29, 1.82) is 0 Å². The average Bonchev–Trinajstić information content (AvgIpc) is 2.56. The molecule has 0 saturated heterocycles. The molecule has 1 unspecified atom stereocenters. The molecular weight excluding hydrogens is 204 g/mol. The van der Waals surface area contributed by atoms with Crippen LogP contribution in [0, 0.1) is 6.92 Å². The van der Waals surface area contributed by atoms with Crippen molar-refractivity contribution in [3.05, 3.63) is 64.8 Å². The van der Waals surface area contributed by atoms with Gasteiger partial charge in [-0.2, -0.15) is 0 Å². The number of hydrogen-bond acceptors (Lipinski definition) is 0. The predicted molar refractivity (Wildman–Crippen MR) is 76.1 cm³/mol. The Balaban J connectivity index is 2.63. The molecule has 17 heavy (non-hydrogen) atoms. The molecule has 1 aromatic carbocycles. The molecule has 0 aromatic heterocycles. The summed E-state index contributed by atoms with van der Waals surface area (Å²) in [5.74, 6) is 0.507. The lowest BCUT2D eigenvalue weighted by molar-refractivity contribution is 0.944. The molecule has 0 heteroatoms. The van der Waals surface area contributed by atoms with Crippen LogP contribution in [0.4, 0.5) is 0 Å². The number of rotatable bonds is 2. The Kier molecular flexibility index (Phi) is 3.33. The van der Waals surface area contributed by atoms with Gasteiger partial charge in [-0.25, -0.2) is 0 Å². The van der Waals surface area contributed by atoms with Crippen LogP contribution >= 0.6 is 0 Å². The molecule has 1 aliphatic rings. The van der Waals surface area contributed by atoms with Gasteiger partial charge in [0, 0.05) is 5.92 Å². The molecule has 88 valence electrons. The first kappa shape index (κ1) is 11.9. The van der Waals surface area contributed by atoms with E-state index in [-0.39, 0.29) is 0 Å². The second kappa shape index (κ2) is 4.75. The Labute approximate surface area is 104 Å². The molecule has 1 aliphatic carbocycles. The van der Waals surface area contributed by atoms with Crippen molar-refractivity contribution in [2.45, 2.75) is 33.6 Å². The zero-order valence-corrected chi connectivity index (χ0v) is 11.1.